The zero-order chi connectivity index (χ0) is 14.2. The SMILES string of the molecule is C[C@@H]1[C@H](C)S(=O)(=O)CCN1C(=O)c1ccc(Cl)cc1. The predicted octanol–water partition coefficient (Wildman–Crippen LogP) is 1.99. The lowest BCUT2D eigenvalue weighted by molar-refractivity contribution is 0.0693. The number of hydrogen-bond acceptors (Lipinski definition) is 3. The Morgan fingerprint density at radius 1 is 1.26 bits per heavy atom. The van der Waals surface area contributed by atoms with Gasteiger partial charge in [0.15, 0.2) is 9.84 Å². The molecule has 1 fully saturated rings. The van der Waals surface area contributed by atoms with E-state index in [4.69, 9.17) is 11.6 Å². The number of carbonyl (C=O) groups is 1. The molecule has 19 heavy (non-hydrogen) atoms. The fraction of sp³-hybridized carbons (Fsp3) is 0.462. The van der Waals surface area contributed by atoms with Gasteiger partial charge >= 0.3 is 0 Å². The van der Waals surface area contributed by atoms with Crippen LogP contribution in [0, 0.1) is 0 Å². The van der Waals surface area contributed by atoms with Gasteiger partial charge in [-0.25, -0.2) is 8.42 Å². The standard InChI is InChI=1S/C13H16ClNO3S/c1-9-10(2)19(17,18)8-7-15(9)13(16)11-3-5-12(14)6-4-11/h3-6,9-10H,7-8H2,1-2H3/t9-,10+/m1/s1. The molecule has 1 aromatic carbocycles. The molecular formula is C13H16ClNO3S. The first-order valence-electron chi connectivity index (χ1n) is 6.11. The number of rotatable bonds is 1. The predicted molar refractivity (Wildman–Crippen MR) is 75.2 cm³/mol. The van der Waals surface area contributed by atoms with E-state index in [-0.39, 0.29) is 24.2 Å². The lowest BCUT2D eigenvalue weighted by Gasteiger charge is -2.37. The van der Waals surface area contributed by atoms with Gasteiger partial charge in [-0.15, -0.1) is 0 Å². The highest BCUT2D eigenvalue weighted by molar-refractivity contribution is 7.92. The van der Waals surface area contributed by atoms with Crippen molar-refractivity contribution in [1.29, 1.82) is 0 Å². The van der Waals surface area contributed by atoms with Gasteiger partial charge in [-0.2, -0.15) is 0 Å². The van der Waals surface area contributed by atoms with Gasteiger partial charge in [-0.1, -0.05) is 11.6 Å². The summed E-state index contributed by atoms with van der Waals surface area (Å²) in [4.78, 5) is 14.0. The number of benzene rings is 1. The molecule has 6 heteroatoms. The Labute approximate surface area is 118 Å². The minimum absolute atomic E-state index is 0.0256. The van der Waals surface area contributed by atoms with Gasteiger partial charge in [0.25, 0.3) is 5.91 Å². The minimum Gasteiger partial charge on any atom is -0.334 e. The molecule has 1 aliphatic heterocycles. The fourth-order valence-electron chi connectivity index (χ4n) is 2.21. The summed E-state index contributed by atoms with van der Waals surface area (Å²) >= 11 is 5.79. The molecule has 0 saturated carbocycles. The van der Waals surface area contributed by atoms with E-state index >= 15 is 0 Å². The van der Waals surface area contributed by atoms with Gasteiger partial charge in [0.05, 0.1) is 11.0 Å². The number of nitrogens with zero attached hydrogens (tertiary/aromatic N) is 1. The summed E-state index contributed by atoms with van der Waals surface area (Å²) in [6.45, 7) is 3.67. The fourth-order valence-corrected chi connectivity index (χ4v) is 3.91. The van der Waals surface area contributed by atoms with Crippen LogP contribution in [0.5, 0.6) is 0 Å². The summed E-state index contributed by atoms with van der Waals surface area (Å²) in [5, 5.41) is 0.0386. The summed E-state index contributed by atoms with van der Waals surface area (Å²) in [5.74, 6) is -0.122. The van der Waals surface area contributed by atoms with E-state index in [0.717, 1.165) is 0 Å². The van der Waals surface area contributed by atoms with Crippen LogP contribution in [-0.2, 0) is 9.84 Å². The van der Waals surface area contributed by atoms with Crippen molar-refractivity contribution in [2.24, 2.45) is 0 Å². The average molecular weight is 302 g/mol. The number of carbonyl (C=O) groups excluding carboxylic acids is 1. The molecule has 1 saturated heterocycles. The monoisotopic (exact) mass is 301 g/mol. The quantitative estimate of drug-likeness (QED) is 0.797. The molecule has 0 aliphatic carbocycles. The summed E-state index contributed by atoms with van der Waals surface area (Å²) in [6.07, 6.45) is 0. The maximum Gasteiger partial charge on any atom is 0.254 e. The topological polar surface area (TPSA) is 54.5 Å². The Kier molecular flexibility index (Phi) is 3.87. The molecule has 1 heterocycles. The van der Waals surface area contributed by atoms with E-state index < -0.39 is 15.1 Å². The Bertz CT molecular complexity index is 582. The van der Waals surface area contributed by atoms with Crippen molar-refractivity contribution in [2.45, 2.75) is 25.1 Å². The van der Waals surface area contributed by atoms with Crippen LogP contribution in [0.2, 0.25) is 5.02 Å². The number of sulfone groups is 1. The minimum atomic E-state index is -3.08. The Hall–Kier alpha value is -1.07. The molecule has 1 aromatic rings. The van der Waals surface area contributed by atoms with Gasteiger partial charge in [0.1, 0.15) is 0 Å². The van der Waals surface area contributed by atoms with Gasteiger partial charge in [-0.3, -0.25) is 4.79 Å². The van der Waals surface area contributed by atoms with Crippen LogP contribution in [0.15, 0.2) is 24.3 Å². The summed E-state index contributed by atoms with van der Waals surface area (Å²) < 4.78 is 23.6. The molecule has 0 radical (unpaired) electrons. The highest BCUT2D eigenvalue weighted by Gasteiger charge is 2.38. The van der Waals surface area contributed by atoms with Crippen LogP contribution in [0.3, 0.4) is 0 Å². The summed E-state index contributed by atoms with van der Waals surface area (Å²) in [6, 6.07) is 6.31. The van der Waals surface area contributed by atoms with Crippen molar-refractivity contribution in [2.75, 3.05) is 12.3 Å². The van der Waals surface area contributed by atoms with Crippen molar-refractivity contribution in [3.8, 4) is 0 Å². The van der Waals surface area contributed by atoms with E-state index in [2.05, 4.69) is 0 Å². The van der Waals surface area contributed by atoms with E-state index in [9.17, 15) is 13.2 Å². The molecule has 4 nitrogen and oxygen atoms in total. The molecule has 1 aliphatic rings. The molecule has 104 valence electrons. The van der Waals surface area contributed by atoms with Crippen molar-refractivity contribution < 1.29 is 13.2 Å². The molecule has 0 spiro atoms. The van der Waals surface area contributed by atoms with Gasteiger partial charge in [0, 0.05) is 23.2 Å². The number of hydrogen-bond donors (Lipinski definition) is 0. The van der Waals surface area contributed by atoms with Crippen molar-refractivity contribution >= 4 is 27.3 Å². The first-order chi connectivity index (χ1) is 8.83. The van der Waals surface area contributed by atoms with Crippen LogP contribution in [0.25, 0.3) is 0 Å². The summed E-state index contributed by atoms with van der Waals surface area (Å²) in [5.41, 5.74) is 0.530. The largest absolute Gasteiger partial charge is 0.334 e. The van der Waals surface area contributed by atoms with E-state index in [1.54, 1.807) is 43.0 Å². The first-order valence-corrected chi connectivity index (χ1v) is 8.20. The Balaban J connectivity index is 2.23. The van der Waals surface area contributed by atoms with Gasteiger partial charge in [-0.05, 0) is 38.1 Å². The van der Waals surface area contributed by atoms with Crippen LogP contribution in [-0.4, -0.2) is 42.8 Å². The lowest BCUT2D eigenvalue weighted by atomic mass is 10.1. The van der Waals surface area contributed by atoms with Gasteiger partial charge in [0.2, 0.25) is 0 Å². The third-order valence-corrected chi connectivity index (χ3v) is 6.24. The van der Waals surface area contributed by atoms with Crippen molar-refractivity contribution in [3.05, 3.63) is 34.9 Å². The zero-order valence-electron chi connectivity index (χ0n) is 10.8. The third kappa shape index (κ3) is 2.77. The highest BCUT2D eigenvalue weighted by atomic mass is 35.5. The van der Waals surface area contributed by atoms with Crippen LogP contribution in [0.1, 0.15) is 24.2 Å². The molecular weight excluding hydrogens is 286 g/mol. The normalized spacial score (nSPS) is 26.2. The molecule has 0 unspecified atom stereocenters. The average Bonchev–Trinajstić information content (AvgIpc) is 2.36. The maximum absolute atomic E-state index is 12.4. The zero-order valence-corrected chi connectivity index (χ0v) is 12.4. The van der Waals surface area contributed by atoms with Crippen molar-refractivity contribution in [1.82, 2.24) is 4.90 Å². The molecule has 0 bridgehead atoms. The lowest BCUT2D eigenvalue weighted by Crippen LogP contribution is -2.54. The van der Waals surface area contributed by atoms with Gasteiger partial charge < -0.3 is 4.90 Å². The second-order valence-corrected chi connectivity index (χ2v) is 7.73. The van der Waals surface area contributed by atoms with Crippen LogP contribution < -0.4 is 0 Å². The second-order valence-electron chi connectivity index (χ2n) is 4.82. The summed E-state index contributed by atoms with van der Waals surface area (Å²) in [7, 11) is -3.08. The first kappa shape index (κ1) is 14.3. The Morgan fingerprint density at radius 2 is 1.84 bits per heavy atom. The maximum atomic E-state index is 12.4. The smallest absolute Gasteiger partial charge is 0.254 e. The molecule has 1 amide bonds. The highest BCUT2D eigenvalue weighted by Crippen LogP contribution is 2.22. The van der Waals surface area contributed by atoms with Crippen LogP contribution in [0.4, 0.5) is 0 Å². The van der Waals surface area contributed by atoms with Crippen LogP contribution >= 0.6 is 11.6 Å². The molecule has 0 aromatic heterocycles. The molecule has 2 atom stereocenters. The number of halogens is 1. The van der Waals surface area contributed by atoms with E-state index in [1.807, 2.05) is 0 Å². The van der Waals surface area contributed by atoms with E-state index in [0.29, 0.717) is 10.6 Å². The molecule has 2 rings (SSSR count). The van der Waals surface area contributed by atoms with E-state index in [1.165, 1.54) is 0 Å². The second kappa shape index (κ2) is 5.13. The Morgan fingerprint density at radius 3 is 2.42 bits per heavy atom. The van der Waals surface area contributed by atoms with Crippen molar-refractivity contribution in [3.63, 3.8) is 0 Å². The molecule has 0 N–H and O–H groups in total. The number of amides is 1. The third-order valence-electron chi connectivity index (χ3n) is 3.71.